The van der Waals surface area contributed by atoms with E-state index in [4.69, 9.17) is 0 Å². The zero-order valence-corrected chi connectivity index (χ0v) is 12.5. The predicted molar refractivity (Wildman–Crippen MR) is 86.2 cm³/mol. The van der Waals surface area contributed by atoms with Crippen LogP contribution in [0.4, 0.5) is 0 Å². The molecule has 2 aromatic rings. The first-order valence-electron chi connectivity index (χ1n) is 6.85. The average Bonchev–Trinajstić information content (AvgIpc) is 2.44. The Labute approximate surface area is 125 Å². The smallest absolute Gasteiger partial charge is 0.336 e. The van der Waals surface area contributed by atoms with Crippen LogP contribution in [-0.4, -0.2) is 22.8 Å². The highest BCUT2D eigenvalue weighted by Crippen LogP contribution is 2.26. The summed E-state index contributed by atoms with van der Waals surface area (Å²) < 4.78 is 0. The van der Waals surface area contributed by atoms with Crippen molar-refractivity contribution in [1.82, 2.24) is 0 Å². The van der Waals surface area contributed by atoms with Gasteiger partial charge in [-0.1, -0.05) is 42.5 Å². The van der Waals surface area contributed by atoms with Gasteiger partial charge in [0.25, 0.3) is 0 Å². The van der Waals surface area contributed by atoms with Crippen LogP contribution in [0.1, 0.15) is 36.7 Å². The molecule has 1 N–H and O–H groups in total. The van der Waals surface area contributed by atoms with Gasteiger partial charge in [0.05, 0.1) is 11.1 Å². The third kappa shape index (κ3) is 3.78. The molecule has 108 valence electrons. The second kappa shape index (κ2) is 5.92. The molecule has 0 atom stereocenters. The van der Waals surface area contributed by atoms with Gasteiger partial charge < -0.3 is 5.11 Å². The number of carboxylic acid groups (broad SMARTS) is 1. The summed E-state index contributed by atoms with van der Waals surface area (Å²) in [5.41, 5.74) is 2.64. The molecule has 0 aromatic heterocycles. The summed E-state index contributed by atoms with van der Waals surface area (Å²) in [5, 5.41) is 9.34. The summed E-state index contributed by atoms with van der Waals surface area (Å²) >= 11 is 0. The second-order valence-corrected chi connectivity index (χ2v) is 5.87. The molecule has 0 amide bonds. The van der Waals surface area contributed by atoms with Gasteiger partial charge in [-0.2, -0.15) is 0 Å². The average molecular weight is 281 g/mol. The molecular weight excluding hydrogens is 262 g/mol. The highest BCUT2D eigenvalue weighted by Gasteiger charge is 2.13. The summed E-state index contributed by atoms with van der Waals surface area (Å²) in [5.74, 6) is -0.923. The molecule has 3 heteroatoms. The second-order valence-electron chi connectivity index (χ2n) is 5.87. The number of rotatable bonds is 3. The van der Waals surface area contributed by atoms with Crippen molar-refractivity contribution in [3.63, 3.8) is 0 Å². The van der Waals surface area contributed by atoms with Crippen molar-refractivity contribution in [2.75, 3.05) is 0 Å². The van der Waals surface area contributed by atoms with Gasteiger partial charge in [0.2, 0.25) is 0 Å². The Hall–Kier alpha value is -2.42. The van der Waals surface area contributed by atoms with Crippen LogP contribution in [0.2, 0.25) is 0 Å². The Morgan fingerprint density at radius 2 is 1.57 bits per heavy atom. The number of hydrogen-bond acceptors (Lipinski definition) is 2. The molecule has 2 rings (SSSR count). The first-order valence-corrected chi connectivity index (χ1v) is 6.85. The highest BCUT2D eigenvalue weighted by atomic mass is 16.4. The van der Waals surface area contributed by atoms with Gasteiger partial charge in [0, 0.05) is 11.8 Å². The van der Waals surface area contributed by atoms with Gasteiger partial charge in [-0.3, -0.25) is 4.99 Å². The Balaban J connectivity index is 2.56. The summed E-state index contributed by atoms with van der Waals surface area (Å²) in [6.07, 6.45) is 1.81. The number of benzene rings is 2. The van der Waals surface area contributed by atoms with Crippen LogP contribution in [0, 0.1) is 0 Å². The molecule has 0 heterocycles. The van der Waals surface area contributed by atoms with Gasteiger partial charge in [-0.05, 0) is 38.0 Å². The van der Waals surface area contributed by atoms with Crippen molar-refractivity contribution >= 4 is 12.2 Å². The van der Waals surface area contributed by atoms with Crippen LogP contribution in [0.15, 0.2) is 53.5 Å². The summed E-state index contributed by atoms with van der Waals surface area (Å²) in [6.45, 7) is 6.08. The molecule has 0 bridgehead atoms. The molecule has 0 spiro atoms. The number of nitrogens with zero attached hydrogens (tertiary/aromatic N) is 1. The van der Waals surface area contributed by atoms with Crippen LogP contribution in [-0.2, 0) is 0 Å². The number of hydrogen-bond donors (Lipinski definition) is 1. The zero-order chi connectivity index (χ0) is 15.5. The predicted octanol–water partition coefficient (Wildman–Crippen LogP) is 4.27. The van der Waals surface area contributed by atoms with Crippen molar-refractivity contribution in [2.45, 2.75) is 26.3 Å². The molecule has 3 nitrogen and oxygen atoms in total. The van der Waals surface area contributed by atoms with E-state index < -0.39 is 5.97 Å². The monoisotopic (exact) mass is 281 g/mol. The van der Waals surface area contributed by atoms with Gasteiger partial charge in [0.15, 0.2) is 0 Å². The number of carbonyl (C=O) groups is 1. The van der Waals surface area contributed by atoms with E-state index in [2.05, 4.69) is 4.99 Å². The minimum atomic E-state index is -0.923. The quantitative estimate of drug-likeness (QED) is 0.854. The molecule has 0 fully saturated rings. The highest BCUT2D eigenvalue weighted by molar-refractivity contribution is 6.00. The van der Waals surface area contributed by atoms with Gasteiger partial charge in [-0.25, -0.2) is 4.79 Å². The van der Waals surface area contributed by atoms with E-state index >= 15 is 0 Å². The van der Waals surface area contributed by atoms with Crippen LogP contribution < -0.4 is 0 Å². The largest absolute Gasteiger partial charge is 0.478 e. The standard InChI is InChI=1S/C18H19NO2/c1-18(2,3)19-12-13-8-4-5-9-14(13)15-10-6-7-11-16(15)17(20)21/h4-12H,1-3H3,(H,20,21). The van der Waals surface area contributed by atoms with E-state index in [0.29, 0.717) is 11.1 Å². The van der Waals surface area contributed by atoms with Crippen LogP contribution in [0.25, 0.3) is 11.1 Å². The summed E-state index contributed by atoms with van der Waals surface area (Å²) in [6, 6.07) is 14.7. The maximum Gasteiger partial charge on any atom is 0.336 e. The zero-order valence-electron chi connectivity index (χ0n) is 12.5. The molecule has 0 aliphatic heterocycles. The van der Waals surface area contributed by atoms with Crippen molar-refractivity contribution in [1.29, 1.82) is 0 Å². The lowest BCUT2D eigenvalue weighted by Crippen LogP contribution is -2.10. The SMILES string of the molecule is CC(C)(C)N=Cc1ccccc1-c1ccccc1C(=O)O. The lowest BCUT2D eigenvalue weighted by molar-refractivity contribution is 0.0697. The van der Waals surface area contributed by atoms with Crippen LogP contribution >= 0.6 is 0 Å². The van der Waals surface area contributed by atoms with Crippen LogP contribution in [0.5, 0.6) is 0 Å². The van der Waals surface area contributed by atoms with Crippen LogP contribution in [0.3, 0.4) is 0 Å². The minimum Gasteiger partial charge on any atom is -0.478 e. The third-order valence-corrected chi connectivity index (χ3v) is 3.00. The molecule has 0 radical (unpaired) electrons. The fourth-order valence-corrected chi connectivity index (χ4v) is 2.02. The Bertz CT molecular complexity index is 682. The van der Waals surface area contributed by atoms with E-state index in [1.54, 1.807) is 12.1 Å². The Morgan fingerprint density at radius 3 is 2.19 bits per heavy atom. The Morgan fingerprint density at radius 1 is 1.00 bits per heavy atom. The van der Waals surface area contributed by atoms with E-state index in [-0.39, 0.29) is 5.54 Å². The number of aromatic carboxylic acids is 1. The molecule has 0 saturated heterocycles. The van der Waals surface area contributed by atoms with Gasteiger partial charge in [-0.15, -0.1) is 0 Å². The fraction of sp³-hybridized carbons (Fsp3) is 0.222. The third-order valence-electron chi connectivity index (χ3n) is 3.00. The molecule has 21 heavy (non-hydrogen) atoms. The van der Waals surface area contributed by atoms with Crippen molar-refractivity contribution in [3.8, 4) is 11.1 Å². The molecule has 0 aliphatic carbocycles. The van der Waals surface area contributed by atoms with E-state index in [1.165, 1.54) is 0 Å². The normalized spacial score (nSPS) is 11.8. The molecule has 0 aliphatic rings. The Kier molecular flexibility index (Phi) is 4.22. The topological polar surface area (TPSA) is 49.7 Å². The van der Waals surface area contributed by atoms with Crippen molar-refractivity contribution in [3.05, 3.63) is 59.7 Å². The van der Waals surface area contributed by atoms with Gasteiger partial charge >= 0.3 is 5.97 Å². The van der Waals surface area contributed by atoms with Crippen molar-refractivity contribution < 1.29 is 9.90 Å². The first-order chi connectivity index (χ1) is 9.88. The molecule has 2 aromatic carbocycles. The molecular formula is C18H19NO2. The van der Waals surface area contributed by atoms with Crippen molar-refractivity contribution in [2.24, 2.45) is 4.99 Å². The summed E-state index contributed by atoms with van der Waals surface area (Å²) in [4.78, 5) is 15.9. The first kappa shape index (κ1) is 15.0. The molecule has 0 unspecified atom stereocenters. The lowest BCUT2D eigenvalue weighted by Gasteiger charge is -2.13. The maximum absolute atomic E-state index is 11.4. The minimum absolute atomic E-state index is 0.167. The fourth-order valence-electron chi connectivity index (χ4n) is 2.02. The molecule has 0 saturated carbocycles. The van der Waals surface area contributed by atoms with Gasteiger partial charge in [0.1, 0.15) is 0 Å². The van der Waals surface area contributed by atoms with E-state index in [0.717, 1.165) is 11.1 Å². The number of aliphatic imine (C=N–C) groups is 1. The maximum atomic E-state index is 11.4. The lowest BCUT2D eigenvalue weighted by atomic mass is 9.95. The summed E-state index contributed by atoms with van der Waals surface area (Å²) in [7, 11) is 0. The van der Waals surface area contributed by atoms with E-state index in [9.17, 15) is 9.90 Å². The number of carboxylic acids is 1. The van der Waals surface area contributed by atoms with E-state index in [1.807, 2.05) is 63.4 Å².